The fourth-order valence-corrected chi connectivity index (χ4v) is 5.64. The van der Waals surface area contributed by atoms with Crippen LogP contribution in [0.1, 0.15) is 55.1 Å². The van der Waals surface area contributed by atoms with Crippen LogP contribution in [0.4, 0.5) is 17.1 Å². The summed E-state index contributed by atoms with van der Waals surface area (Å²) < 4.78 is 16.1. The number of nitrogens with zero attached hydrogens (tertiary/aromatic N) is 1. The highest BCUT2D eigenvalue weighted by Crippen LogP contribution is 2.41. The Bertz CT molecular complexity index is 1720. The van der Waals surface area contributed by atoms with Crippen molar-refractivity contribution >= 4 is 40.5 Å². The number of halogens is 1. The Morgan fingerprint density at radius 1 is 1.10 bits per heavy atom. The summed E-state index contributed by atoms with van der Waals surface area (Å²) in [5, 5.41) is 6.79. The summed E-state index contributed by atoms with van der Waals surface area (Å²) >= 11 is 6.57. The van der Waals surface area contributed by atoms with Gasteiger partial charge in [0.05, 0.1) is 44.1 Å². The van der Waals surface area contributed by atoms with Crippen LogP contribution in [0.5, 0.6) is 5.75 Å². The van der Waals surface area contributed by atoms with Crippen molar-refractivity contribution in [2.75, 3.05) is 36.3 Å². The number of benzene rings is 1. The summed E-state index contributed by atoms with van der Waals surface area (Å²) in [6.45, 7) is 7.93. The summed E-state index contributed by atoms with van der Waals surface area (Å²) in [7, 11) is 2.75. The van der Waals surface area contributed by atoms with Gasteiger partial charge in [0.25, 0.3) is 16.8 Å². The summed E-state index contributed by atoms with van der Waals surface area (Å²) in [5.41, 5.74) is -0.0328. The van der Waals surface area contributed by atoms with E-state index in [2.05, 4.69) is 10.6 Å². The summed E-state index contributed by atoms with van der Waals surface area (Å²) in [6.07, 6.45) is 2.07. The Morgan fingerprint density at radius 2 is 1.81 bits per heavy atom. The number of esters is 1. The van der Waals surface area contributed by atoms with Crippen LogP contribution in [-0.2, 0) is 9.53 Å². The standard InChI is InChI=1S/C31H32ClN3O7/c1-15-7-12-22(42-15)28(31(2,3)4)34-25-24(26(36)27(25)37)33-20-11-10-19(32)18-14-35(29(38)23(18)20)21-13-16(40-5)8-9-17(21)30(39)41-6/h7-10,12-13,20,28,33-34H,11,14H2,1-6H3/t20?,28-/m0/s1. The second-order valence-corrected chi connectivity index (χ2v) is 11.9. The van der Waals surface area contributed by atoms with Crippen LogP contribution in [0.25, 0.3) is 0 Å². The van der Waals surface area contributed by atoms with Crippen LogP contribution in [0.2, 0.25) is 0 Å². The zero-order chi connectivity index (χ0) is 30.5. The normalized spacial score (nSPS) is 17.7. The van der Waals surface area contributed by atoms with E-state index in [4.69, 9.17) is 25.5 Å². The van der Waals surface area contributed by atoms with Crippen LogP contribution < -0.4 is 31.1 Å². The second-order valence-electron chi connectivity index (χ2n) is 11.4. The van der Waals surface area contributed by atoms with Gasteiger partial charge in [-0.15, -0.1) is 0 Å². The zero-order valence-electron chi connectivity index (χ0n) is 24.2. The predicted molar refractivity (Wildman–Crippen MR) is 160 cm³/mol. The van der Waals surface area contributed by atoms with Crippen molar-refractivity contribution in [3.05, 3.63) is 90.1 Å². The number of furan rings is 1. The number of ether oxygens (including phenoxy) is 2. The minimum atomic E-state index is -0.674. The summed E-state index contributed by atoms with van der Waals surface area (Å²) in [5.74, 6) is 0.814. The van der Waals surface area contributed by atoms with Crippen molar-refractivity contribution < 1.29 is 23.5 Å². The molecule has 0 radical (unpaired) electrons. The van der Waals surface area contributed by atoms with Gasteiger partial charge in [-0.25, -0.2) is 4.79 Å². The van der Waals surface area contributed by atoms with E-state index in [1.807, 2.05) is 39.8 Å². The first-order valence-electron chi connectivity index (χ1n) is 13.5. The van der Waals surface area contributed by atoms with Gasteiger partial charge in [0.1, 0.15) is 28.6 Å². The van der Waals surface area contributed by atoms with E-state index < -0.39 is 28.9 Å². The third-order valence-corrected chi connectivity index (χ3v) is 8.00. The maximum absolute atomic E-state index is 13.9. The lowest BCUT2D eigenvalue weighted by atomic mass is 9.84. The van der Waals surface area contributed by atoms with Gasteiger partial charge in [0.2, 0.25) is 0 Å². The Labute approximate surface area is 247 Å². The van der Waals surface area contributed by atoms with Crippen LogP contribution in [0.3, 0.4) is 0 Å². The number of rotatable bonds is 8. The molecule has 42 heavy (non-hydrogen) atoms. The molecule has 2 aromatic carbocycles. The van der Waals surface area contributed by atoms with Crippen LogP contribution in [0, 0.1) is 12.3 Å². The SMILES string of the molecule is COC(=O)c1ccc(OC)cc1N1CC2=C(C1=O)C(Nc1c(N[C@@H](c3ccc(C)o3)C(C)(C)C)c(=O)c1=O)CC=C2Cl. The minimum absolute atomic E-state index is 0.0970. The largest absolute Gasteiger partial charge is 0.497 e. The van der Waals surface area contributed by atoms with E-state index in [0.717, 1.165) is 5.76 Å². The molecule has 2 atom stereocenters. The summed E-state index contributed by atoms with van der Waals surface area (Å²) in [6, 6.07) is 7.36. The number of aryl methyl sites for hydroxylation is 1. The molecule has 5 rings (SSSR count). The quantitative estimate of drug-likeness (QED) is 0.279. The van der Waals surface area contributed by atoms with Gasteiger partial charge in [-0.1, -0.05) is 38.4 Å². The number of carbonyl (C=O) groups excluding carboxylic acids is 2. The molecule has 2 N–H and O–H groups in total. The number of carbonyl (C=O) groups is 2. The first-order valence-corrected chi connectivity index (χ1v) is 13.8. The van der Waals surface area contributed by atoms with Gasteiger partial charge < -0.3 is 29.4 Å². The molecule has 2 aliphatic rings. The van der Waals surface area contributed by atoms with Crippen LogP contribution >= 0.6 is 11.6 Å². The number of nitrogens with one attached hydrogen (secondary N) is 2. The van der Waals surface area contributed by atoms with Gasteiger partial charge in [-0.3, -0.25) is 14.4 Å². The molecule has 0 bridgehead atoms. The van der Waals surface area contributed by atoms with Crippen molar-refractivity contribution in [1.82, 2.24) is 0 Å². The minimum Gasteiger partial charge on any atom is -0.497 e. The highest BCUT2D eigenvalue weighted by Gasteiger charge is 2.41. The van der Waals surface area contributed by atoms with Gasteiger partial charge in [-0.05, 0) is 43.0 Å². The van der Waals surface area contributed by atoms with E-state index in [-0.39, 0.29) is 34.8 Å². The van der Waals surface area contributed by atoms with E-state index >= 15 is 0 Å². The molecular formula is C31H32ClN3O7. The lowest BCUT2D eigenvalue weighted by Crippen LogP contribution is -2.43. The van der Waals surface area contributed by atoms with E-state index in [0.29, 0.717) is 39.8 Å². The lowest BCUT2D eigenvalue weighted by Gasteiger charge is -2.32. The monoisotopic (exact) mass is 593 g/mol. The van der Waals surface area contributed by atoms with E-state index in [9.17, 15) is 19.2 Å². The molecule has 0 spiro atoms. The third-order valence-electron chi connectivity index (χ3n) is 7.62. The smallest absolute Gasteiger partial charge is 0.339 e. The molecule has 1 aliphatic carbocycles. The maximum Gasteiger partial charge on any atom is 0.339 e. The molecule has 0 saturated heterocycles. The van der Waals surface area contributed by atoms with Gasteiger partial charge in [0.15, 0.2) is 0 Å². The molecule has 0 fully saturated rings. The van der Waals surface area contributed by atoms with Crippen molar-refractivity contribution in [2.24, 2.45) is 5.41 Å². The lowest BCUT2D eigenvalue weighted by molar-refractivity contribution is -0.114. The molecule has 220 valence electrons. The topological polar surface area (TPSA) is 127 Å². The average Bonchev–Trinajstić information content (AvgIpc) is 3.55. The first-order chi connectivity index (χ1) is 19.8. The Kier molecular flexibility index (Phi) is 7.53. The van der Waals surface area contributed by atoms with Crippen molar-refractivity contribution in [3.63, 3.8) is 0 Å². The molecule has 1 unspecified atom stereocenters. The number of anilines is 3. The van der Waals surface area contributed by atoms with Gasteiger partial charge >= 0.3 is 5.97 Å². The molecule has 2 heterocycles. The summed E-state index contributed by atoms with van der Waals surface area (Å²) in [4.78, 5) is 53.5. The highest BCUT2D eigenvalue weighted by molar-refractivity contribution is 6.33. The van der Waals surface area contributed by atoms with E-state index in [1.54, 1.807) is 18.2 Å². The fourth-order valence-electron chi connectivity index (χ4n) is 5.39. The molecule has 1 amide bonds. The fraction of sp³-hybridized carbons (Fsp3) is 0.355. The Morgan fingerprint density at radius 3 is 2.43 bits per heavy atom. The third kappa shape index (κ3) is 5.00. The average molecular weight is 594 g/mol. The molecule has 1 aromatic heterocycles. The molecule has 1 aliphatic heterocycles. The maximum atomic E-state index is 13.9. The number of methoxy groups -OCH3 is 2. The van der Waals surface area contributed by atoms with Crippen molar-refractivity contribution in [3.8, 4) is 5.75 Å². The number of hydrogen-bond donors (Lipinski definition) is 2. The highest BCUT2D eigenvalue weighted by atomic mass is 35.5. The zero-order valence-corrected chi connectivity index (χ0v) is 25.0. The van der Waals surface area contributed by atoms with Crippen molar-refractivity contribution in [2.45, 2.75) is 46.2 Å². The molecular weight excluding hydrogens is 562 g/mol. The Hall–Kier alpha value is -4.31. The van der Waals surface area contributed by atoms with Gasteiger partial charge in [0, 0.05) is 22.2 Å². The second kappa shape index (κ2) is 10.8. The number of hydrogen-bond acceptors (Lipinski definition) is 9. The number of amides is 1. The predicted octanol–water partition coefficient (Wildman–Crippen LogP) is 4.83. The van der Waals surface area contributed by atoms with E-state index in [1.165, 1.54) is 25.2 Å². The van der Waals surface area contributed by atoms with Gasteiger partial charge in [-0.2, -0.15) is 0 Å². The molecule has 0 saturated carbocycles. The van der Waals surface area contributed by atoms with Crippen molar-refractivity contribution in [1.29, 1.82) is 0 Å². The van der Waals surface area contributed by atoms with Crippen LogP contribution in [0.15, 0.2) is 66.6 Å². The molecule has 10 nitrogen and oxygen atoms in total. The molecule has 3 aromatic rings. The molecule has 11 heteroatoms. The first kappa shape index (κ1) is 29.2. The van der Waals surface area contributed by atoms with Crippen LogP contribution in [-0.4, -0.2) is 38.7 Å². The Balaban J connectivity index is 1.47.